The number of nitrogens with zero attached hydrogens (tertiary/aromatic N) is 1. The molecule has 0 heterocycles. The van der Waals surface area contributed by atoms with Gasteiger partial charge < -0.3 is 11.1 Å². The zero-order valence-corrected chi connectivity index (χ0v) is 12.3. The van der Waals surface area contributed by atoms with Crippen LogP contribution in [0, 0.1) is 22.0 Å². The van der Waals surface area contributed by atoms with Crippen LogP contribution in [0.25, 0.3) is 0 Å². The van der Waals surface area contributed by atoms with Gasteiger partial charge in [-0.3, -0.25) is 14.9 Å². The first-order valence-corrected chi connectivity index (χ1v) is 7.21. The molecule has 0 spiro atoms. The largest absolute Gasteiger partial charge is 0.393 e. The number of nitrogens with two attached hydrogens (primary N) is 1. The predicted molar refractivity (Wildman–Crippen MR) is 80.9 cm³/mol. The topological polar surface area (TPSA) is 98.3 Å². The van der Waals surface area contributed by atoms with Crippen LogP contribution in [0.15, 0.2) is 18.2 Å². The van der Waals surface area contributed by atoms with Crippen LogP contribution in [-0.4, -0.2) is 16.9 Å². The van der Waals surface area contributed by atoms with Crippen molar-refractivity contribution in [1.29, 1.82) is 0 Å². The smallest absolute Gasteiger partial charge is 0.292 e. The van der Waals surface area contributed by atoms with Crippen LogP contribution in [0.4, 0.5) is 11.4 Å². The number of carbonyl (C=O) groups is 1. The molecule has 0 aromatic heterocycles. The number of anilines is 1. The molecule has 2 atom stereocenters. The molecule has 3 N–H and O–H groups in total. The Kier molecular flexibility index (Phi) is 4.45. The monoisotopic (exact) mass is 291 g/mol. The second-order valence-corrected chi connectivity index (χ2v) is 6.12. The molecule has 1 fully saturated rings. The van der Waals surface area contributed by atoms with Crippen LogP contribution in [0.1, 0.15) is 43.5 Å². The Morgan fingerprint density at radius 2 is 1.90 bits per heavy atom. The lowest BCUT2D eigenvalue weighted by molar-refractivity contribution is -0.383. The third-order valence-electron chi connectivity index (χ3n) is 4.00. The van der Waals surface area contributed by atoms with E-state index in [0.29, 0.717) is 17.4 Å². The third kappa shape index (κ3) is 3.71. The SMILES string of the molecule is CC1CC(C)CC(NC(=O)c2ccc([N+](=O)[O-])c(N)c2)C1. The number of rotatable bonds is 3. The highest BCUT2D eigenvalue weighted by Gasteiger charge is 2.25. The second-order valence-electron chi connectivity index (χ2n) is 6.12. The quantitative estimate of drug-likeness (QED) is 0.508. The Morgan fingerprint density at radius 3 is 2.43 bits per heavy atom. The molecule has 1 aliphatic rings. The van der Waals surface area contributed by atoms with Crippen LogP contribution in [0.2, 0.25) is 0 Å². The number of benzene rings is 1. The highest BCUT2D eigenvalue weighted by atomic mass is 16.6. The molecular weight excluding hydrogens is 270 g/mol. The first-order valence-electron chi connectivity index (χ1n) is 7.21. The minimum atomic E-state index is -0.554. The summed E-state index contributed by atoms with van der Waals surface area (Å²) in [5.74, 6) is 0.977. The van der Waals surface area contributed by atoms with E-state index < -0.39 is 4.92 Å². The van der Waals surface area contributed by atoms with Crippen molar-refractivity contribution in [2.24, 2.45) is 11.8 Å². The second kappa shape index (κ2) is 6.11. The van der Waals surface area contributed by atoms with Crippen LogP contribution in [-0.2, 0) is 0 Å². The number of nitro groups is 1. The minimum absolute atomic E-state index is 0.0121. The number of nitrogens with one attached hydrogen (secondary N) is 1. The lowest BCUT2D eigenvalue weighted by Gasteiger charge is -2.32. The van der Waals surface area contributed by atoms with Gasteiger partial charge in [0.15, 0.2) is 0 Å². The maximum atomic E-state index is 12.2. The van der Waals surface area contributed by atoms with E-state index in [0.717, 1.165) is 12.8 Å². The van der Waals surface area contributed by atoms with Crippen molar-refractivity contribution < 1.29 is 9.72 Å². The zero-order chi connectivity index (χ0) is 15.6. The molecule has 0 saturated heterocycles. The van der Waals surface area contributed by atoms with Gasteiger partial charge >= 0.3 is 0 Å². The van der Waals surface area contributed by atoms with E-state index in [1.54, 1.807) is 0 Å². The van der Waals surface area contributed by atoms with E-state index in [1.165, 1.54) is 24.6 Å². The summed E-state index contributed by atoms with van der Waals surface area (Å²) in [6, 6.07) is 4.24. The first-order chi connectivity index (χ1) is 9.86. The standard InChI is InChI=1S/C15H21N3O3/c1-9-5-10(2)7-12(6-9)17-15(19)11-3-4-14(18(20)21)13(16)8-11/h3-4,8-10,12H,5-7,16H2,1-2H3,(H,17,19). The normalized spacial score (nSPS) is 25.3. The van der Waals surface area contributed by atoms with E-state index in [-0.39, 0.29) is 23.3 Å². The summed E-state index contributed by atoms with van der Waals surface area (Å²) in [5, 5.41) is 13.7. The average molecular weight is 291 g/mol. The van der Waals surface area contributed by atoms with E-state index in [9.17, 15) is 14.9 Å². The molecular formula is C15H21N3O3. The molecule has 1 aromatic carbocycles. The fourth-order valence-electron chi connectivity index (χ4n) is 3.20. The van der Waals surface area contributed by atoms with Gasteiger partial charge in [0.25, 0.3) is 11.6 Å². The highest BCUT2D eigenvalue weighted by molar-refractivity contribution is 5.95. The fourth-order valence-corrected chi connectivity index (χ4v) is 3.20. The molecule has 0 bridgehead atoms. The van der Waals surface area contributed by atoms with Gasteiger partial charge in [-0.25, -0.2) is 0 Å². The molecule has 0 aliphatic heterocycles. The third-order valence-corrected chi connectivity index (χ3v) is 4.00. The molecule has 1 aromatic rings. The molecule has 21 heavy (non-hydrogen) atoms. The maximum absolute atomic E-state index is 12.2. The van der Waals surface area contributed by atoms with E-state index in [1.807, 2.05) is 0 Å². The lowest BCUT2D eigenvalue weighted by atomic mass is 9.80. The number of nitrogen functional groups attached to an aromatic ring is 1. The molecule has 6 nitrogen and oxygen atoms in total. The minimum Gasteiger partial charge on any atom is -0.393 e. The van der Waals surface area contributed by atoms with Crippen molar-refractivity contribution in [3.8, 4) is 0 Å². The van der Waals surface area contributed by atoms with Crippen molar-refractivity contribution in [2.45, 2.75) is 39.2 Å². The molecule has 1 amide bonds. The van der Waals surface area contributed by atoms with Crippen LogP contribution >= 0.6 is 0 Å². The number of amides is 1. The Morgan fingerprint density at radius 1 is 1.29 bits per heavy atom. The van der Waals surface area contributed by atoms with E-state index in [2.05, 4.69) is 19.2 Å². The van der Waals surface area contributed by atoms with Crippen LogP contribution < -0.4 is 11.1 Å². The summed E-state index contributed by atoms with van der Waals surface area (Å²) in [4.78, 5) is 22.4. The molecule has 1 saturated carbocycles. The van der Waals surface area contributed by atoms with E-state index in [4.69, 9.17) is 5.73 Å². The van der Waals surface area contributed by atoms with Gasteiger partial charge in [-0.1, -0.05) is 13.8 Å². The Labute approximate surface area is 123 Å². The van der Waals surface area contributed by atoms with Crippen molar-refractivity contribution >= 4 is 17.3 Å². The van der Waals surface area contributed by atoms with Gasteiger partial charge in [0.2, 0.25) is 0 Å². The summed E-state index contributed by atoms with van der Waals surface area (Å²) in [6.45, 7) is 4.39. The number of hydrogen-bond acceptors (Lipinski definition) is 4. The van der Waals surface area contributed by atoms with Crippen molar-refractivity contribution in [1.82, 2.24) is 5.32 Å². The molecule has 2 unspecified atom stereocenters. The van der Waals surface area contributed by atoms with Gasteiger partial charge in [0.1, 0.15) is 5.69 Å². The van der Waals surface area contributed by atoms with Crippen molar-refractivity contribution in [2.75, 3.05) is 5.73 Å². The number of hydrogen-bond donors (Lipinski definition) is 2. The molecule has 2 rings (SSSR count). The number of nitro benzene ring substituents is 1. The van der Waals surface area contributed by atoms with Crippen LogP contribution in [0.3, 0.4) is 0 Å². The zero-order valence-electron chi connectivity index (χ0n) is 12.3. The van der Waals surface area contributed by atoms with Gasteiger partial charge in [0, 0.05) is 17.7 Å². The predicted octanol–water partition coefficient (Wildman–Crippen LogP) is 2.73. The van der Waals surface area contributed by atoms with Gasteiger partial charge in [0.05, 0.1) is 4.92 Å². The maximum Gasteiger partial charge on any atom is 0.292 e. The van der Waals surface area contributed by atoms with Crippen LogP contribution in [0.5, 0.6) is 0 Å². The molecule has 114 valence electrons. The Balaban J connectivity index is 2.06. The van der Waals surface area contributed by atoms with Gasteiger partial charge in [-0.2, -0.15) is 0 Å². The summed E-state index contributed by atoms with van der Waals surface area (Å²) >= 11 is 0. The lowest BCUT2D eigenvalue weighted by Crippen LogP contribution is -2.40. The molecule has 1 aliphatic carbocycles. The van der Waals surface area contributed by atoms with Crippen molar-refractivity contribution in [3.05, 3.63) is 33.9 Å². The summed E-state index contributed by atoms with van der Waals surface area (Å²) in [5.41, 5.74) is 5.82. The summed E-state index contributed by atoms with van der Waals surface area (Å²) in [6.07, 6.45) is 3.13. The van der Waals surface area contributed by atoms with Gasteiger partial charge in [-0.05, 0) is 43.2 Å². The fraction of sp³-hybridized carbons (Fsp3) is 0.533. The van der Waals surface area contributed by atoms with Gasteiger partial charge in [-0.15, -0.1) is 0 Å². The first kappa shape index (κ1) is 15.3. The summed E-state index contributed by atoms with van der Waals surface area (Å²) < 4.78 is 0. The highest BCUT2D eigenvalue weighted by Crippen LogP contribution is 2.29. The number of carbonyl (C=O) groups excluding carboxylic acids is 1. The average Bonchev–Trinajstić information content (AvgIpc) is 2.36. The van der Waals surface area contributed by atoms with E-state index >= 15 is 0 Å². The Bertz CT molecular complexity index is 549. The van der Waals surface area contributed by atoms with Crippen molar-refractivity contribution in [3.63, 3.8) is 0 Å². The molecule has 0 radical (unpaired) electrons. The Hall–Kier alpha value is -2.11. The summed E-state index contributed by atoms with van der Waals surface area (Å²) in [7, 11) is 0. The molecule has 6 heteroatoms.